The Morgan fingerprint density at radius 2 is 1.92 bits per heavy atom. The zero-order valence-corrected chi connectivity index (χ0v) is 16.0. The molecule has 0 bridgehead atoms. The minimum absolute atomic E-state index is 0.168. The Morgan fingerprint density at radius 3 is 2.54 bits per heavy atom. The van der Waals surface area contributed by atoms with Gasteiger partial charge < -0.3 is 10.8 Å². The van der Waals surface area contributed by atoms with Crippen molar-refractivity contribution in [3.05, 3.63) is 0 Å². The van der Waals surface area contributed by atoms with Crippen LogP contribution in [-0.2, 0) is 0 Å². The summed E-state index contributed by atoms with van der Waals surface area (Å²) in [5, 5.41) is 15.1. The highest BCUT2D eigenvalue weighted by molar-refractivity contribution is 5.83. The van der Waals surface area contributed by atoms with E-state index in [1.165, 1.54) is 19.3 Å². The average Bonchev–Trinajstić information content (AvgIpc) is 2.42. The van der Waals surface area contributed by atoms with Gasteiger partial charge in [0.25, 0.3) is 0 Å². The molecule has 5 heteroatoms. The molecule has 24 heavy (non-hydrogen) atoms. The van der Waals surface area contributed by atoms with Crippen LogP contribution in [0.25, 0.3) is 0 Å². The van der Waals surface area contributed by atoms with E-state index in [1.807, 2.05) is 13.8 Å². The molecule has 0 aromatic carbocycles. The zero-order valence-electron chi connectivity index (χ0n) is 16.0. The number of hydrazone groups is 1. The van der Waals surface area contributed by atoms with Gasteiger partial charge in [0.15, 0.2) is 0 Å². The van der Waals surface area contributed by atoms with Crippen molar-refractivity contribution >= 4 is 11.7 Å². The summed E-state index contributed by atoms with van der Waals surface area (Å²) in [4.78, 5) is 10.8. The third-order valence-electron chi connectivity index (χ3n) is 6.91. The first-order chi connectivity index (χ1) is 11.0. The molecule has 4 N–H and O–H groups in total. The molecule has 0 spiro atoms. The molecule has 5 nitrogen and oxygen atoms in total. The monoisotopic (exact) mass is 337 g/mol. The van der Waals surface area contributed by atoms with E-state index in [9.17, 15) is 9.90 Å². The minimum atomic E-state index is -0.639. The summed E-state index contributed by atoms with van der Waals surface area (Å²) in [6.07, 6.45) is 7.36. The summed E-state index contributed by atoms with van der Waals surface area (Å²) in [6, 6.07) is -0.639. The maximum Gasteiger partial charge on any atom is 0.332 e. The first-order valence-electron chi connectivity index (χ1n) is 9.30. The molecule has 0 unspecified atom stereocenters. The fourth-order valence-electron chi connectivity index (χ4n) is 5.83. The molecule has 138 valence electrons. The highest BCUT2D eigenvalue weighted by atomic mass is 16.3. The van der Waals surface area contributed by atoms with Crippen LogP contribution >= 0.6 is 0 Å². The lowest BCUT2D eigenvalue weighted by molar-refractivity contribution is -0.168. The minimum Gasteiger partial charge on any atom is -0.390 e. The van der Waals surface area contributed by atoms with Gasteiger partial charge in [-0.3, -0.25) is 0 Å². The highest BCUT2D eigenvalue weighted by Gasteiger charge is 2.57. The second-order valence-corrected chi connectivity index (χ2v) is 9.21. The van der Waals surface area contributed by atoms with Gasteiger partial charge in [-0.25, -0.2) is 10.2 Å². The quantitative estimate of drug-likeness (QED) is 0.538. The van der Waals surface area contributed by atoms with Gasteiger partial charge in [-0.2, -0.15) is 5.10 Å². The number of nitrogens with two attached hydrogens (primary N) is 1. The number of aliphatic hydroxyl groups is 1. The van der Waals surface area contributed by atoms with Crippen molar-refractivity contribution in [2.75, 3.05) is 0 Å². The lowest BCUT2D eigenvalue weighted by atomic mass is 9.45. The predicted molar refractivity (Wildman–Crippen MR) is 97.6 cm³/mol. The van der Waals surface area contributed by atoms with Gasteiger partial charge in [-0.05, 0) is 75.0 Å². The van der Waals surface area contributed by atoms with Gasteiger partial charge in [0, 0.05) is 5.71 Å². The Balaban J connectivity index is 2.18. The first kappa shape index (κ1) is 19.2. The number of fused-ring (bicyclic) bond motifs is 1. The van der Waals surface area contributed by atoms with Crippen LogP contribution in [0, 0.1) is 22.7 Å². The standard InChI is InChI=1S/C19H35N3O2/c1-13(21-22-16(20)23)7-8-15-18(4)11-6-10-17(2,3)14(18)9-12-19(15,5)24/h14-15,24H,6-12H2,1-5H3,(H3,20,22,23)/b21-13+/t14-,15-,18+,19+/m0/s1. The predicted octanol–water partition coefficient (Wildman–Crippen LogP) is 3.80. The van der Waals surface area contributed by atoms with Gasteiger partial charge in [0.05, 0.1) is 5.60 Å². The van der Waals surface area contributed by atoms with E-state index in [4.69, 9.17) is 5.73 Å². The van der Waals surface area contributed by atoms with Crippen LogP contribution in [0.2, 0.25) is 0 Å². The van der Waals surface area contributed by atoms with Crippen LogP contribution in [0.1, 0.15) is 79.6 Å². The van der Waals surface area contributed by atoms with E-state index in [0.29, 0.717) is 11.3 Å². The van der Waals surface area contributed by atoms with Gasteiger partial charge >= 0.3 is 6.03 Å². The molecule has 2 amide bonds. The molecule has 4 atom stereocenters. The largest absolute Gasteiger partial charge is 0.390 e. The zero-order chi connectivity index (χ0) is 18.2. The maximum absolute atomic E-state index is 11.1. The van der Waals surface area contributed by atoms with E-state index in [0.717, 1.165) is 31.4 Å². The lowest BCUT2D eigenvalue weighted by Crippen LogP contribution is -2.57. The molecule has 0 aromatic rings. The van der Waals surface area contributed by atoms with E-state index in [-0.39, 0.29) is 11.3 Å². The summed E-state index contributed by atoms with van der Waals surface area (Å²) in [5.74, 6) is 0.909. The molecule has 0 heterocycles. The van der Waals surface area contributed by atoms with Crippen molar-refractivity contribution < 1.29 is 9.90 Å². The third-order valence-corrected chi connectivity index (χ3v) is 6.91. The summed E-state index contributed by atoms with van der Waals surface area (Å²) < 4.78 is 0. The summed E-state index contributed by atoms with van der Waals surface area (Å²) in [5.41, 5.74) is 8.10. The van der Waals surface area contributed by atoms with Crippen molar-refractivity contribution in [3.63, 3.8) is 0 Å². The van der Waals surface area contributed by atoms with Gasteiger partial charge in [0.1, 0.15) is 0 Å². The molecule has 0 aliphatic heterocycles. The normalized spacial score (nSPS) is 39.2. The van der Waals surface area contributed by atoms with Crippen molar-refractivity contribution in [2.24, 2.45) is 33.5 Å². The maximum atomic E-state index is 11.1. The summed E-state index contributed by atoms with van der Waals surface area (Å²) in [7, 11) is 0. The smallest absolute Gasteiger partial charge is 0.332 e. The molecular weight excluding hydrogens is 302 g/mol. The van der Waals surface area contributed by atoms with E-state index < -0.39 is 11.6 Å². The number of nitrogens with one attached hydrogen (secondary N) is 1. The highest BCUT2D eigenvalue weighted by Crippen LogP contribution is 2.62. The molecule has 2 aliphatic rings. The summed E-state index contributed by atoms with van der Waals surface area (Å²) >= 11 is 0. The Kier molecular flexibility index (Phi) is 5.34. The number of primary amides is 1. The third kappa shape index (κ3) is 3.76. The van der Waals surface area contributed by atoms with Gasteiger partial charge in [-0.15, -0.1) is 0 Å². The van der Waals surface area contributed by atoms with Crippen LogP contribution in [0.15, 0.2) is 5.10 Å². The SMILES string of the molecule is C/C(CC[C@H]1[C@]2(C)CCCC(C)(C)[C@@H]2CC[C@@]1(C)O)=N\NC(N)=O. The van der Waals surface area contributed by atoms with Crippen LogP contribution < -0.4 is 11.2 Å². The van der Waals surface area contributed by atoms with E-state index >= 15 is 0 Å². The number of amides is 2. The van der Waals surface area contributed by atoms with Crippen LogP contribution in [0.3, 0.4) is 0 Å². The average molecular weight is 338 g/mol. The van der Waals surface area contributed by atoms with Crippen molar-refractivity contribution in [1.82, 2.24) is 5.43 Å². The molecule has 0 aromatic heterocycles. The number of hydrogen-bond acceptors (Lipinski definition) is 3. The van der Waals surface area contributed by atoms with Crippen molar-refractivity contribution in [1.29, 1.82) is 0 Å². The molecule has 0 radical (unpaired) electrons. The Hall–Kier alpha value is -1.10. The molecule has 2 fully saturated rings. The molecule has 2 aliphatic carbocycles. The van der Waals surface area contributed by atoms with E-state index in [2.05, 4.69) is 31.3 Å². The molecular formula is C19H35N3O2. The van der Waals surface area contributed by atoms with Crippen LogP contribution in [0.5, 0.6) is 0 Å². The number of urea groups is 1. The molecule has 2 saturated carbocycles. The molecule has 2 rings (SSSR count). The Labute approximate surface area is 146 Å². The van der Waals surface area contributed by atoms with Gasteiger partial charge in [-0.1, -0.05) is 27.2 Å². The lowest BCUT2D eigenvalue weighted by Gasteiger charge is -2.61. The van der Waals surface area contributed by atoms with Gasteiger partial charge in [0.2, 0.25) is 0 Å². The topological polar surface area (TPSA) is 87.7 Å². The summed E-state index contributed by atoms with van der Waals surface area (Å²) in [6.45, 7) is 11.1. The number of hydrogen-bond donors (Lipinski definition) is 3. The fourth-order valence-corrected chi connectivity index (χ4v) is 5.83. The Morgan fingerprint density at radius 1 is 1.25 bits per heavy atom. The number of carbonyl (C=O) groups is 1. The molecule has 0 saturated heterocycles. The number of carbonyl (C=O) groups excluding carboxylic acids is 1. The fraction of sp³-hybridized carbons (Fsp3) is 0.895. The van der Waals surface area contributed by atoms with E-state index in [1.54, 1.807) is 0 Å². The Bertz CT molecular complexity index is 513. The van der Waals surface area contributed by atoms with Crippen LogP contribution in [-0.4, -0.2) is 22.5 Å². The second kappa shape index (κ2) is 6.66. The van der Waals surface area contributed by atoms with Crippen molar-refractivity contribution in [3.8, 4) is 0 Å². The number of nitrogens with zero attached hydrogens (tertiary/aromatic N) is 1. The van der Waals surface area contributed by atoms with Crippen LogP contribution in [0.4, 0.5) is 4.79 Å². The number of rotatable bonds is 4. The second-order valence-electron chi connectivity index (χ2n) is 9.21. The first-order valence-corrected chi connectivity index (χ1v) is 9.30. The van der Waals surface area contributed by atoms with Crippen molar-refractivity contribution in [2.45, 2.75) is 85.2 Å².